The second-order valence-electron chi connectivity index (χ2n) is 12.4. The van der Waals surface area contributed by atoms with Crippen molar-refractivity contribution in [2.75, 3.05) is 43.5 Å². The van der Waals surface area contributed by atoms with Gasteiger partial charge in [0.2, 0.25) is 0 Å². The Morgan fingerprint density at radius 3 is 2.88 bits per heavy atom. The van der Waals surface area contributed by atoms with Gasteiger partial charge in [-0.15, -0.1) is 0 Å². The third-order valence-electron chi connectivity index (χ3n) is 10.2. The van der Waals surface area contributed by atoms with Crippen LogP contribution in [-0.4, -0.2) is 76.4 Å². The zero-order valence-corrected chi connectivity index (χ0v) is 24.6. The summed E-state index contributed by atoms with van der Waals surface area (Å²) >= 11 is 8.45. The van der Waals surface area contributed by atoms with Gasteiger partial charge in [0.1, 0.15) is 24.5 Å². The van der Waals surface area contributed by atoms with E-state index in [0.29, 0.717) is 52.4 Å². The molecule has 0 aliphatic carbocycles. The fourth-order valence-corrected chi connectivity index (χ4v) is 9.31. The minimum absolute atomic E-state index is 0.0152. The number of piperazine rings is 1. The summed E-state index contributed by atoms with van der Waals surface area (Å²) in [6.07, 6.45) is 6.69. The Bertz CT molecular complexity index is 1760. The Morgan fingerprint density at radius 2 is 2.02 bits per heavy atom. The van der Waals surface area contributed by atoms with E-state index in [1.54, 1.807) is 0 Å². The van der Waals surface area contributed by atoms with Crippen molar-refractivity contribution in [3.63, 3.8) is 0 Å². The number of aromatic nitrogens is 3. The van der Waals surface area contributed by atoms with Gasteiger partial charge in [-0.05, 0) is 57.7 Å². The highest BCUT2D eigenvalue weighted by atomic mass is 35.5. The second kappa shape index (κ2) is 9.25. The number of nitrogens with two attached hydrogens (primary N) is 1. The van der Waals surface area contributed by atoms with Crippen molar-refractivity contribution >= 4 is 55.0 Å². The molecular weight excluding hydrogens is 577 g/mol. The summed E-state index contributed by atoms with van der Waals surface area (Å²) in [6.45, 7) is 3.86. The maximum atomic E-state index is 16.9. The Labute approximate surface area is 251 Å². The first-order valence-electron chi connectivity index (χ1n) is 14.9. The number of rotatable bonds is 4. The SMILES string of the molecule is Nc1nc2c(-c3c(Cl)c4c5c(nc(OCC67CCCN6CCC7)nc5c3F)N3CC5CCC(N5)C3CO4)cccc2s1. The van der Waals surface area contributed by atoms with Crippen molar-refractivity contribution in [2.24, 2.45) is 0 Å². The molecule has 12 heteroatoms. The number of halogens is 2. The predicted octanol–water partition coefficient (Wildman–Crippen LogP) is 4.99. The minimum Gasteiger partial charge on any atom is -0.489 e. The van der Waals surface area contributed by atoms with Crippen LogP contribution in [0, 0.1) is 5.82 Å². The maximum absolute atomic E-state index is 16.9. The van der Waals surface area contributed by atoms with E-state index in [4.69, 9.17) is 36.8 Å². The van der Waals surface area contributed by atoms with Crippen LogP contribution in [0.2, 0.25) is 5.02 Å². The summed E-state index contributed by atoms with van der Waals surface area (Å²) in [7, 11) is 0. The van der Waals surface area contributed by atoms with Gasteiger partial charge in [0.05, 0.1) is 32.2 Å². The maximum Gasteiger partial charge on any atom is 0.319 e. The number of nitrogens with zero attached hydrogens (tertiary/aromatic N) is 5. The molecule has 4 fully saturated rings. The molecule has 7 heterocycles. The lowest BCUT2D eigenvalue weighted by Crippen LogP contribution is -2.60. The molecule has 3 atom stereocenters. The first-order valence-corrected chi connectivity index (χ1v) is 16.1. The first kappa shape index (κ1) is 25.5. The van der Waals surface area contributed by atoms with Crippen molar-refractivity contribution in [3.8, 4) is 22.9 Å². The number of nitrogen functional groups attached to an aromatic ring is 1. The van der Waals surface area contributed by atoms with Crippen LogP contribution in [0.5, 0.6) is 11.8 Å². The van der Waals surface area contributed by atoms with E-state index in [0.717, 1.165) is 50.0 Å². The average Bonchev–Trinajstić information content (AvgIpc) is 3.73. The van der Waals surface area contributed by atoms with Crippen LogP contribution >= 0.6 is 22.9 Å². The second-order valence-corrected chi connectivity index (χ2v) is 13.8. The van der Waals surface area contributed by atoms with Crippen LogP contribution in [0.1, 0.15) is 38.5 Å². The molecule has 9 rings (SSSR count). The van der Waals surface area contributed by atoms with Gasteiger partial charge in [0.15, 0.2) is 16.7 Å². The van der Waals surface area contributed by atoms with E-state index in [-0.39, 0.29) is 39.7 Å². The molecule has 5 aliphatic rings. The molecule has 4 aromatic rings. The Kier molecular flexibility index (Phi) is 5.62. The number of nitrogens with one attached hydrogen (secondary N) is 1. The van der Waals surface area contributed by atoms with Gasteiger partial charge in [-0.2, -0.15) is 9.97 Å². The molecule has 9 nitrogen and oxygen atoms in total. The molecule has 2 aromatic carbocycles. The van der Waals surface area contributed by atoms with E-state index < -0.39 is 5.82 Å². The van der Waals surface area contributed by atoms with E-state index in [1.165, 1.54) is 24.2 Å². The number of hydrogen-bond acceptors (Lipinski definition) is 10. The highest BCUT2D eigenvalue weighted by molar-refractivity contribution is 7.22. The van der Waals surface area contributed by atoms with E-state index in [9.17, 15) is 0 Å². The fourth-order valence-electron chi connectivity index (χ4n) is 8.21. The Hall–Kier alpha value is -2.99. The van der Waals surface area contributed by atoms with Gasteiger partial charge in [-0.3, -0.25) is 4.90 Å². The van der Waals surface area contributed by atoms with Crippen molar-refractivity contribution in [1.82, 2.24) is 25.2 Å². The summed E-state index contributed by atoms with van der Waals surface area (Å²) in [4.78, 5) is 19.1. The van der Waals surface area contributed by atoms with Crippen LogP contribution in [0.25, 0.3) is 32.2 Å². The largest absolute Gasteiger partial charge is 0.489 e. The molecule has 3 unspecified atom stereocenters. The van der Waals surface area contributed by atoms with Crippen LogP contribution in [-0.2, 0) is 0 Å². The average molecular weight is 608 g/mol. The van der Waals surface area contributed by atoms with Crippen LogP contribution in [0.3, 0.4) is 0 Å². The molecule has 218 valence electrons. The Morgan fingerprint density at radius 1 is 1.17 bits per heavy atom. The topological polar surface area (TPSA) is 102 Å². The van der Waals surface area contributed by atoms with Crippen molar-refractivity contribution < 1.29 is 13.9 Å². The van der Waals surface area contributed by atoms with Crippen LogP contribution in [0.4, 0.5) is 15.3 Å². The standard InChI is InChI=1S/C30H31ClFN7O2S/c31-22-20(16-4-1-5-19-24(16)35-28(33)42-19)23(32)25-21-26(22)40-13-18-17-7-6-15(34-17)12-39(18)27(21)37-29(36-25)41-14-30-8-2-10-38(30)11-3-9-30/h1,4-5,15,17-18,34H,2-3,6-14H2,(H2,33,35). The number of fused-ring (bicyclic) bond motifs is 7. The summed E-state index contributed by atoms with van der Waals surface area (Å²) in [5.41, 5.74) is 7.59. The number of ether oxygens (including phenoxy) is 2. The summed E-state index contributed by atoms with van der Waals surface area (Å²) in [5, 5.41) is 4.85. The smallest absolute Gasteiger partial charge is 0.319 e. The monoisotopic (exact) mass is 607 g/mol. The fraction of sp³-hybridized carbons (Fsp3) is 0.500. The quantitative estimate of drug-likeness (QED) is 0.332. The summed E-state index contributed by atoms with van der Waals surface area (Å²) < 4.78 is 30.7. The molecule has 2 aromatic heterocycles. The lowest BCUT2D eigenvalue weighted by Gasteiger charge is -2.40. The zero-order valence-electron chi connectivity index (χ0n) is 23.0. The van der Waals surface area contributed by atoms with Gasteiger partial charge in [0.25, 0.3) is 0 Å². The number of para-hydroxylation sites is 1. The molecule has 2 bridgehead atoms. The lowest BCUT2D eigenvalue weighted by molar-refractivity contribution is 0.108. The van der Waals surface area contributed by atoms with Crippen molar-refractivity contribution in [3.05, 3.63) is 29.0 Å². The minimum atomic E-state index is -0.534. The number of hydrogen-bond donors (Lipinski definition) is 2. The van der Waals surface area contributed by atoms with Gasteiger partial charge in [-0.25, -0.2) is 9.37 Å². The van der Waals surface area contributed by atoms with E-state index in [2.05, 4.69) is 20.1 Å². The molecule has 3 N–H and O–H groups in total. The lowest BCUT2D eigenvalue weighted by atomic mass is 9.95. The highest BCUT2D eigenvalue weighted by Crippen LogP contribution is 2.50. The summed E-state index contributed by atoms with van der Waals surface area (Å²) in [5.74, 6) is 0.515. The van der Waals surface area contributed by atoms with E-state index in [1.807, 2.05) is 18.2 Å². The summed E-state index contributed by atoms with van der Waals surface area (Å²) in [6, 6.07) is 6.44. The predicted molar refractivity (Wildman–Crippen MR) is 162 cm³/mol. The molecule has 5 aliphatic heterocycles. The molecule has 0 spiro atoms. The van der Waals surface area contributed by atoms with Gasteiger partial charge >= 0.3 is 6.01 Å². The third kappa shape index (κ3) is 3.63. The molecule has 42 heavy (non-hydrogen) atoms. The Balaban J connectivity index is 1.25. The number of thiazole rings is 1. The normalized spacial score (nSPS) is 26.0. The number of benzene rings is 2. The molecule has 0 radical (unpaired) electrons. The molecular formula is C30H31ClFN7O2S. The highest BCUT2D eigenvalue weighted by Gasteiger charge is 2.46. The van der Waals surface area contributed by atoms with Crippen LogP contribution < -0.4 is 25.4 Å². The van der Waals surface area contributed by atoms with Gasteiger partial charge in [-0.1, -0.05) is 35.1 Å². The van der Waals surface area contributed by atoms with Gasteiger partial charge < -0.3 is 25.4 Å². The molecule has 4 saturated heterocycles. The number of anilines is 2. The van der Waals surface area contributed by atoms with Crippen LogP contribution in [0.15, 0.2) is 18.2 Å². The van der Waals surface area contributed by atoms with Gasteiger partial charge in [0, 0.05) is 29.8 Å². The first-order chi connectivity index (χ1) is 20.5. The third-order valence-corrected chi connectivity index (χ3v) is 11.4. The molecule has 0 saturated carbocycles. The van der Waals surface area contributed by atoms with E-state index >= 15 is 4.39 Å². The zero-order chi connectivity index (χ0) is 28.2. The molecule has 0 amide bonds. The van der Waals surface area contributed by atoms with Crippen molar-refractivity contribution in [1.29, 1.82) is 0 Å². The van der Waals surface area contributed by atoms with Crippen molar-refractivity contribution in [2.45, 2.75) is 62.2 Å².